The van der Waals surface area contributed by atoms with Crippen molar-refractivity contribution in [3.63, 3.8) is 0 Å². The molecule has 3 atom stereocenters. The summed E-state index contributed by atoms with van der Waals surface area (Å²) in [5.41, 5.74) is 2.40. The van der Waals surface area contributed by atoms with E-state index in [1.807, 2.05) is 0 Å². The molecule has 204 valence electrons. The van der Waals surface area contributed by atoms with Gasteiger partial charge in [0, 0.05) is 30.9 Å². The Hall–Kier alpha value is -3.23. The summed E-state index contributed by atoms with van der Waals surface area (Å²) in [5.74, 6) is -0.937. The number of ketones is 2. The number of hydrogen-bond acceptors (Lipinski definition) is 7. The first-order valence-electron chi connectivity index (χ1n) is 13.3. The van der Waals surface area contributed by atoms with Crippen LogP contribution in [0.1, 0.15) is 73.7 Å². The number of carboxylic acids is 1. The van der Waals surface area contributed by atoms with Crippen LogP contribution in [0.5, 0.6) is 11.5 Å². The molecule has 1 saturated heterocycles. The summed E-state index contributed by atoms with van der Waals surface area (Å²) in [6.45, 7) is 3.83. The molecule has 1 aromatic rings. The number of rotatable bonds is 10. The third-order valence-electron chi connectivity index (χ3n) is 7.32. The van der Waals surface area contributed by atoms with Gasteiger partial charge in [-0.15, -0.1) is 6.58 Å². The molecule has 38 heavy (non-hydrogen) atoms. The van der Waals surface area contributed by atoms with Crippen LogP contribution in [0.25, 0.3) is 6.08 Å². The van der Waals surface area contributed by atoms with Crippen LogP contribution in [0.4, 0.5) is 0 Å². The van der Waals surface area contributed by atoms with Gasteiger partial charge in [0.1, 0.15) is 0 Å². The fourth-order valence-electron chi connectivity index (χ4n) is 5.42. The highest BCUT2D eigenvalue weighted by Crippen LogP contribution is 2.41. The Morgan fingerprint density at radius 3 is 2.71 bits per heavy atom. The highest BCUT2D eigenvalue weighted by atomic mass is 16.7. The zero-order valence-electron chi connectivity index (χ0n) is 21.9. The van der Waals surface area contributed by atoms with E-state index in [0.717, 1.165) is 44.1 Å². The van der Waals surface area contributed by atoms with E-state index in [1.165, 1.54) is 7.11 Å². The number of benzene rings is 1. The van der Waals surface area contributed by atoms with Gasteiger partial charge in [-0.25, -0.2) is 4.79 Å². The maximum Gasteiger partial charge on any atom is 0.341 e. The molecule has 1 N–H and O–H groups in total. The van der Waals surface area contributed by atoms with Crippen LogP contribution in [0.3, 0.4) is 0 Å². The van der Waals surface area contributed by atoms with E-state index in [1.54, 1.807) is 30.4 Å². The van der Waals surface area contributed by atoms with Gasteiger partial charge in [-0.1, -0.05) is 11.6 Å². The first kappa shape index (κ1) is 27.8. The standard InChI is InChI=1S/C30H36O8/c1-3-4-10-24(31)21-13-20-15-28(37-18-29(33)34)27(35-2)17-23(20)25(32)14-19-8-7-9-22(19)26(16-21)38-30-11-5-6-12-36-30/h3,13-15,17,22,26,30H,1,4-12,16,18H2,2H3,(H,33,34)/b19-14?,21-13-/t22-,26?,30?/m1/s1. The molecule has 2 aliphatic carbocycles. The van der Waals surface area contributed by atoms with E-state index in [9.17, 15) is 14.4 Å². The highest BCUT2D eigenvalue weighted by Gasteiger charge is 2.35. The first-order chi connectivity index (χ1) is 18.4. The van der Waals surface area contributed by atoms with Gasteiger partial charge in [0.25, 0.3) is 0 Å². The number of methoxy groups -OCH3 is 1. The number of fused-ring (bicyclic) bond motifs is 2. The molecule has 8 heteroatoms. The van der Waals surface area contributed by atoms with Gasteiger partial charge in [-0.05, 0) is 80.4 Å². The van der Waals surface area contributed by atoms with Crippen LogP contribution in [0.15, 0.2) is 42.0 Å². The van der Waals surface area contributed by atoms with E-state index < -0.39 is 12.6 Å². The molecule has 2 unspecified atom stereocenters. The predicted octanol–water partition coefficient (Wildman–Crippen LogP) is 5.30. The Balaban J connectivity index is 1.81. The molecular weight excluding hydrogens is 488 g/mol. The Bertz CT molecular complexity index is 1130. The fraction of sp³-hybridized carbons (Fsp3) is 0.500. The predicted molar refractivity (Wildman–Crippen MR) is 141 cm³/mol. The molecule has 0 aromatic heterocycles. The summed E-state index contributed by atoms with van der Waals surface area (Å²) >= 11 is 0. The number of ether oxygens (including phenoxy) is 4. The maximum atomic E-state index is 13.6. The normalized spacial score (nSPS) is 24.8. The molecule has 0 radical (unpaired) electrons. The van der Waals surface area contributed by atoms with Crippen molar-refractivity contribution in [3.8, 4) is 11.5 Å². The van der Waals surface area contributed by atoms with Crippen molar-refractivity contribution >= 4 is 23.6 Å². The maximum absolute atomic E-state index is 13.6. The zero-order valence-corrected chi connectivity index (χ0v) is 21.9. The molecular formula is C30H36O8. The van der Waals surface area contributed by atoms with Gasteiger partial charge in [-0.2, -0.15) is 0 Å². The smallest absolute Gasteiger partial charge is 0.341 e. The second-order valence-corrected chi connectivity index (χ2v) is 9.95. The number of carbonyl (C=O) groups excluding carboxylic acids is 2. The number of carbonyl (C=O) groups is 3. The van der Waals surface area contributed by atoms with Crippen LogP contribution in [0.2, 0.25) is 0 Å². The quantitative estimate of drug-likeness (QED) is 0.411. The third-order valence-corrected chi connectivity index (χ3v) is 7.32. The Morgan fingerprint density at radius 2 is 2.00 bits per heavy atom. The number of aliphatic carboxylic acids is 1. The lowest BCUT2D eigenvalue weighted by molar-refractivity contribution is -0.195. The van der Waals surface area contributed by atoms with E-state index in [-0.39, 0.29) is 47.8 Å². The minimum Gasteiger partial charge on any atom is -0.493 e. The van der Waals surface area contributed by atoms with E-state index in [4.69, 9.17) is 24.1 Å². The van der Waals surface area contributed by atoms with Crippen molar-refractivity contribution in [2.24, 2.45) is 5.92 Å². The van der Waals surface area contributed by atoms with Crippen LogP contribution in [0, 0.1) is 5.92 Å². The second-order valence-electron chi connectivity index (χ2n) is 9.95. The number of allylic oxidation sites excluding steroid dienone is 2. The number of hydrogen-bond donors (Lipinski definition) is 1. The molecule has 0 bridgehead atoms. The summed E-state index contributed by atoms with van der Waals surface area (Å²) in [5, 5.41) is 9.10. The molecule has 8 nitrogen and oxygen atoms in total. The first-order valence-corrected chi connectivity index (χ1v) is 13.3. The molecule has 0 spiro atoms. The van der Waals surface area contributed by atoms with Crippen molar-refractivity contribution in [2.45, 2.75) is 70.2 Å². The van der Waals surface area contributed by atoms with Gasteiger partial charge in [-0.3, -0.25) is 9.59 Å². The Kier molecular flexibility index (Phi) is 9.53. The molecule has 4 rings (SSSR count). The van der Waals surface area contributed by atoms with Crippen LogP contribution in [-0.4, -0.2) is 55.4 Å². The van der Waals surface area contributed by atoms with Gasteiger partial charge in [0.05, 0.1) is 13.2 Å². The van der Waals surface area contributed by atoms with Crippen LogP contribution < -0.4 is 9.47 Å². The largest absolute Gasteiger partial charge is 0.493 e. The van der Waals surface area contributed by atoms with Crippen LogP contribution >= 0.6 is 0 Å². The van der Waals surface area contributed by atoms with Crippen molar-refractivity contribution in [1.29, 1.82) is 0 Å². The van der Waals surface area contributed by atoms with Gasteiger partial charge in [0.2, 0.25) is 0 Å². The third kappa shape index (κ3) is 6.79. The Labute approximate surface area is 223 Å². The molecule has 1 aliphatic heterocycles. The molecule has 1 heterocycles. The van der Waals surface area contributed by atoms with E-state index >= 15 is 0 Å². The fourth-order valence-corrected chi connectivity index (χ4v) is 5.42. The van der Waals surface area contributed by atoms with Crippen LogP contribution in [-0.2, 0) is 19.1 Å². The van der Waals surface area contributed by atoms with Crippen molar-refractivity contribution in [2.75, 3.05) is 20.3 Å². The van der Waals surface area contributed by atoms with Gasteiger partial charge >= 0.3 is 5.97 Å². The summed E-state index contributed by atoms with van der Waals surface area (Å²) < 4.78 is 23.3. The Morgan fingerprint density at radius 1 is 1.16 bits per heavy atom. The SMILES string of the molecule is C=CCCC(=O)/C1=C\c2cc(OCC(=O)O)c(OC)cc2C(=O)C=C2CCC[C@H]2C(OC2CCCCO2)C1. The highest BCUT2D eigenvalue weighted by molar-refractivity contribution is 6.09. The summed E-state index contributed by atoms with van der Waals surface area (Å²) in [6, 6.07) is 3.13. The minimum absolute atomic E-state index is 0.0155. The van der Waals surface area contributed by atoms with E-state index in [2.05, 4.69) is 6.58 Å². The topological polar surface area (TPSA) is 108 Å². The molecule has 0 amide bonds. The molecule has 1 saturated carbocycles. The number of Topliss-reactive ketones (excluding diaryl/α,β-unsaturated/α-hetero) is 1. The lowest BCUT2D eigenvalue weighted by Gasteiger charge is -2.32. The minimum atomic E-state index is -1.14. The summed E-state index contributed by atoms with van der Waals surface area (Å²) in [6.07, 6.45) is 11.1. The lowest BCUT2D eigenvalue weighted by atomic mass is 9.85. The van der Waals surface area contributed by atoms with Crippen molar-refractivity contribution < 1.29 is 38.4 Å². The van der Waals surface area contributed by atoms with Gasteiger partial charge in [0.15, 0.2) is 36.0 Å². The van der Waals surface area contributed by atoms with Crippen molar-refractivity contribution in [1.82, 2.24) is 0 Å². The van der Waals surface area contributed by atoms with Gasteiger partial charge < -0.3 is 24.1 Å². The number of carboxylic acid groups (broad SMARTS) is 1. The summed E-state index contributed by atoms with van der Waals surface area (Å²) in [7, 11) is 1.43. The molecule has 2 fully saturated rings. The zero-order chi connectivity index (χ0) is 27.1. The monoisotopic (exact) mass is 524 g/mol. The molecule has 1 aromatic carbocycles. The summed E-state index contributed by atoms with van der Waals surface area (Å²) in [4.78, 5) is 38.2. The van der Waals surface area contributed by atoms with E-state index in [0.29, 0.717) is 36.1 Å². The average molecular weight is 525 g/mol. The molecule has 3 aliphatic rings. The average Bonchev–Trinajstić information content (AvgIpc) is 3.37. The lowest BCUT2D eigenvalue weighted by Crippen LogP contribution is -2.33. The van der Waals surface area contributed by atoms with Crippen molar-refractivity contribution in [3.05, 3.63) is 53.1 Å². The second kappa shape index (κ2) is 13.0.